The Bertz CT molecular complexity index is 776. The number of thioether (sulfide) groups is 1. The van der Waals surface area contributed by atoms with E-state index in [1.54, 1.807) is 4.90 Å². The van der Waals surface area contributed by atoms with Gasteiger partial charge in [-0.25, -0.2) is 9.59 Å². The topological polar surface area (TPSA) is 136 Å². The van der Waals surface area contributed by atoms with E-state index in [0.717, 1.165) is 4.90 Å². The van der Waals surface area contributed by atoms with Crippen LogP contribution in [-0.2, 0) is 16.1 Å². The highest BCUT2D eigenvalue weighted by Crippen LogP contribution is 2.26. The third-order valence-electron chi connectivity index (χ3n) is 4.38. The summed E-state index contributed by atoms with van der Waals surface area (Å²) in [5.74, 6) is 0.149. The number of nitrogens with two attached hydrogens (primary N) is 1. The fraction of sp³-hybridized carbons (Fsp3) is 0.471. The van der Waals surface area contributed by atoms with E-state index in [2.05, 4.69) is 12.6 Å². The number of likely N-dealkylation sites (tertiary alicyclic amines) is 1. The number of amides is 4. The van der Waals surface area contributed by atoms with Gasteiger partial charge in [0.1, 0.15) is 6.61 Å². The molecule has 1 fully saturated rings. The monoisotopic (exact) mass is 442 g/mol. The highest BCUT2D eigenvalue weighted by molar-refractivity contribution is 8.00. The third-order valence-corrected chi connectivity index (χ3v) is 5.82. The van der Waals surface area contributed by atoms with Gasteiger partial charge in [-0.3, -0.25) is 19.8 Å². The first-order valence-corrected chi connectivity index (χ1v) is 10.3. The van der Waals surface area contributed by atoms with Gasteiger partial charge in [-0.1, -0.05) is 0 Å². The molecule has 2 rings (SSSR count). The van der Waals surface area contributed by atoms with Crippen molar-refractivity contribution in [3.63, 3.8) is 0 Å². The Morgan fingerprint density at radius 2 is 2.03 bits per heavy atom. The van der Waals surface area contributed by atoms with E-state index in [0.29, 0.717) is 24.3 Å². The molecular weight excluding hydrogens is 420 g/mol. The fourth-order valence-electron chi connectivity index (χ4n) is 2.72. The summed E-state index contributed by atoms with van der Waals surface area (Å²) in [4.78, 5) is 47.8. The zero-order chi connectivity index (χ0) is 21.6. The predicted octanol–water partition coefficient (Wildman–Crippen LogP) is 1.87. The summed E-state index contributed by atoms with van der Waals surface area (Å²) in [5.41, 5.74) is 5.66. The molecule has 158 valence electrons. The van der Waals surface area contributed by atoms with Crippen molar-refractivity contribution in [2.75, 3.05) is 25.1 Å². The molecule has 0 unspecified atom stereocenters. The van der Waals surface area contributed by atoms with Crippen LogP contribution >= 0.6 is 24.4 Å². The summed E-state index contributed by atoms with van der Waals surface area (Å²) in [5, 5.41) is 10.7. The molecule has 1 aromatic rings. The summed E-state index contributed by atoms with van der Waals surface area (Å²) < 4.78 is 5.33. The van der Waals surface area contributed by atoms with E-state index >= 15 is 0 Å². The van der Waals surface area contributed by atoms with Gasteiger partial charge in [0.2, 0.25) is 5.91 Å². The van der Waals surface area contributed by atoms with Gasteiger partial charge in [0, 0.05) is 42.8 Å². The number of carbonyl (C=O) groups excluding carboxylic acids is 3. The lowest BCUT2D eigenvalue weighted by atomic mass is 10.2. The van der Waals surface area contributed by atoms with Crippen molar-refractivity contribution in [3.8, 4) is 0 Å². The second kappa shape index (κ2) is 10.3. The number of nitrogens with zero attached hydrogens (tertiary/aromatic N) is 3. The van der Waals surface area contributed by atoms with Crippen molar-refractivity contribution in [2.24, 2.45) is 5.73 Å². The third kappa shape index (κ3) is 6.53. The smallest absolute Gasteiger partial charge is 0.410 e. The van der Waals surface area contributed by atoms with Crippen LogP contribution in [0.3, 0.4) is 0 Å². The summed E-state index contributed by atoms with van der Waals surface area (Å²) in [6.45, 7) is 0.412. The highest BCUT2D eigenvalue weighted by Gasteiger charge is 2.34. The first-order valence-electron chi connectivity index (χ1n) is 8.67. The number of thiol groups is 1. The standard InChI is InChI=1S/C17H22N4O6S2/c1-19(16(18)23)15(22)10-29-9-13-6-14(28)7-20(13)17(24)27-8-11-2-4-12(5-3-11)21(25)26/h2-5,13-14,28H,6-10H2,1H3,(H2,18,23)/t13-,14-/m0/s1. The molecule has 1 aliphatic rings. The first-order chi connectivity index (χ1) is 13.7. The number of hydrogen-bond donors (Lipinski definition) is 2. The van der Waals surface area contributed by atoms with Crippen LogP contribution in [0.1, 0.15) is 12.0 Å². The largest absolute Gasteiger partial charge is 0.445 e. The van der Waals surface area contributed by atoms with Gasteiger partial charge in [-0.2, -0.15) is 12.6 Å². The Hall–Kier alpha value is -2.47. The van der Waals surface area contributed by atoms with Gasteiger partial charge in [0.05, 0.1) is 10.7 Å². The van der Waals surface area contributed by atoms with Gasteiger partial charge in [-0.05, 0) is 24.1 Å². The van der Waals surface area contributed by atoms with Crippen molar-refractivity contribution in [3.05, 3.63) is 39.9 Å². The van der Waals surface area contributed by atoms with E-state index in [1.807, 2.05) is 0 Å². The minimum absolute atomic E-state index is 0.00322. The molecule has 10 nitrogen and oxygen atoms in total. The van der Waals surface area contributed by atoms with Crippen LogP contribution in [0.4, 0.5) is 15.3 Å². The van der Waals surface area contributed by atoms with Crippen molar-refractivity contribution in [1.29, 1.82) is 0 Å². The molecule has 12 heteroatoms. The Labute approximate surface area is 177 Å². The number of non-ortho nitro benzene ring substituents is 1. The highest BCUT2D eigenvalue weighted by atomic mass is 32.2. The maximum Gasteiger partial charge on any atom is 0.410 e. The number of benzene rings is 1. The summed E-state index contributed by atoms with van der Waals surface area (Å²) in [6, 6.07) is 4.79. The van der Waals surface area contributed by atoms with Gasteiger partial charge in [0.25, 0.3) is 5.69 Å². The zero-order valence-electron chi connectivity index (χ0n) is 15.7. The summed E-state index contributed by atoms with van der Waals surface area (Å²) >= 11 is 5.74. The minimum Gasteiger partial charge on any atom is -0.445 e. The molecule has 1 heterocycles. The second-order valence-corrected chi connectivity index (χ2v) is 8.24. The van der Waals surface area contributed by atoms with E-state index in [-0.39, 0.29) is 29.3 Å². The molecular formula is C17H22N4O6S2. The minimum atomic E-state index is -0.816. The Morgan fingerprint density at radius 3 is 2.62 bits per heavy atom. The molecule has 0 spiro atoms. The summed E-state index contributed by atoms with van der Waals surface area (Å²) in [7, 11) is 1.31. The lowest BCUT2D eigenvalue weighted by Gasteiger charge is -2.24. The lowest BCUT2D eigenvalue weighted by molar-refractivity contribution is -0.384. The number of primary amides is 1. The van der Waals surface area contributed by atoms with Crippen LogP contribution < -0.4 is 5.73 Å². The molecule has 1 aliphatic heterocycles. The zero-order valence-corrected chi connectivity index (χ0v) is 17.4. The number of carbonyl (C=O) groups is 3. The van der Waals surface area contributed by atoms with E-state index < -0.39 is 23.0 Å². The SMILES string of the molecule is CN(C(N)=O)C(=O)CSC[C@@H]1C[C@H](S)CN1C(=O)OCc1ccc([N+](=O)[O-])cc1. The molecule has 29 heavy (non-hydrogen) atoms. The number of rotatable bonds is 7. The molecule has 2 atom stereocenters. The molecule has 2 N–H and O–H groups in total. The van der Waals surface area contributed by atoms with Crippen molar-refractivity contribution < 1.29 is 24.0 Å². The normalized spacial score (nSPS) is 18.3. The number of imide groups is 1. The lowest BCUT2D eigenvalue weighted by Crippen LogP contribution is -2.39. The van der Waals surface area contributed by atoms with Gasteiger partial charge in [-0.15, -0.1) is 11.8 Å². The first kappa shape index (κ1) is 22.8. The average Bonchev–Trinajstić information content (AvgIpc) is 3.06. The molecule has 4 amide bonds. The number of hydrogen-bond acceptors (Lipinski definition) is 8. The van der Waals surface area contributed by atoms with Crippen molar-refractivity contribution in [1.82, 2.24) is 9.80 Å². The van der Waals surface area contributed by atoms with Crippen molar-refractivity contribution >= 4 is 48.1 Å². The van der Waals surface area contributed by atoms with Crippen LogP contribution in [0.15, 0.2) is 24.3 Å². The maximum atomic E-state index is 12.5. The maximum absolute atomic E-state index is 12.5. The Balaban J connectivity index is 1.85. The van der Waals surface area contributed by atoms with Gasteiger partial charge < -0.3 is 15.4 Å². The number of nitro groups is 1. The van der Waals surface area contributed by atoms with Crippen molar-refractivity contribution in [2.45, 2.75) is 24.3 Å². The fourth-order valence-corrected chi connectivity index (χ4v) is 4.21. The predicted molar refractivity (Wildman–Crippen MR) is 111 cm³/mol. The molecule has 0 aromatic heterocycles. The molecule has 0 saturated carbocycles. The van der Waals surface area contributed by atoms with Crippen LogP contribution in [0.25, 0.3) is 0 Å². The van der Waals surface area contributed by atoms with Crippen LogP contribution in [-0.4, -0.2) is 69.1 Å². The molecule has 0 bridgehead atoms. The number of urea groups is 1. The quantitative estimate of drug-likeness (QED) is 0.374. The van der Waals surface area contributed by atoms with Gasteiger partial charge >= 0.3 is 12.1 Å². The molecule has 0 radical (unpaired) electrons. The Kier molecular flexibility index (Phi) is 8.14. The summed E-state index contributed by atoms with van der Waals surface area (Å²) in [6.07, 6.45) is 0.147. The van der Waals surface area contributed by atoms with Crippen LogP contribution in [0.5, 0.6) is 0 Å². The van der Waals surface area contributed by atoms with Crippen LogP contribution in [0.2, 0.25) is 0 Å². The number of nitro benzene ring substituents is 1. The van der Waals surface area contributed by atoms with E-state index in [4.69, 9.17) is 10.5 Å². The molecule has 1 saturated heterocycles. The number of ether oxygens (including phenoxy) is 1. The van der Waals surface area contributed by atoms with Crippen LogP contribution in [0, 0.1) is 10.1 Å². The average molecular weight is 443 g/mol. The van der Waals surface area contributed by atoms with Gasteiger partial charge in [0.15, 0.2) is 0 Å². The molecule has 0 aliphatic carbocycles. The second-order valence-electron chi connectivity index (χ2n) is 6.48. The molecule has 1 aromatic carbocycles. The Morgan fingerprint density at radius 1 is 1.38 bits per heavy atom. The van der Waals surface area contributed by atoms with E-state index in [9.17, 15) is 24.5 Å². The van der Waals surface area contributed by atoms with E-state index in [1.165, 1.54) is 43.1 Å².